The van der Waals surface area contributed by atoms with E-state index in [-0.39, 0.29) is 5.41 Å². The number of imidazole rings is 1. The highest BCUT2D eigenvalue weighted by atomic mass is 15.2. The molecule has 2 N–H and O–H groups in total. The van der Waals surface area contributed by atoms with Crippen molar-refractivity contribution >= 4 is 11.3 Å². The zero-order valence-electron chi connectivity index (χ0n) is 17.4. The van der Waals surface area contributed by atoms with E-state index in [1.165, 1.54) is 42.5 Å². The summed E-state index contributed by atoms with van der Waals surface area (Å²) in [6.45, 7) is 10.00. The molecule has 4 rings (SSSR count). The first-order valence-corrected chi connectivity index (χ1v) is 10.5. The number of nitrogens with zero attached hydrogens (tertiary/aromatic N) is 3. The summed E-state index contributed by atoms with van der Waals surface area (Å²) >= 11 is 0. The molecule has 0 aliphatic carbocycles. The fraction of sp³-hybridized carbons (Fsp3) is 0.458. The number of fused-ring (bicyclic) bond motifs is 1. The quantitative estimate of drug-likeness (QED) is 0.678. The molecule has 0 saturated carbocycles. The standard InChI is InChI=1S/C24H32N4/c1-24(2,3)19-10-8-18(9-11-19)23-21(17-27-14-6-4-5-7-15-27)28-16-20(25)12-13-22(28)26-23/h8-13,16H,4-7,14-15,17,25H2,1-3H3. The van der Waals surface area contributed by atoms with Crippen molar-refractivity contribution in [2.45, 2.75) is 58.4 Å². The normalized spacial score (nSPS) is 16.4. The number of pyridine rings is 1. The number of benzene rings is 1. The number of likely N-dealkylation sites (tertiary alicyclic amines) is 1. The lowest BCUT2D eigenvalue weighted by atomic mass is 9.86. The highest BCUT2D eigenvalue weighted by Crippen LogP contribution is 2.30. The Morgan fingerprint density at radius 3 is 2.25 bits per heavy atom. The van der Waals surface area contributed by atoms with Gasteiger partial charge in [-0.05, 0) is 49.0 Å². The molecule has 0 radical (unpaired) electrons. The Hall–Kier alpha value is -2.33. The molecule has 2 aromatic heterocycles. The highest BCUT2D eigenvalue weighted by molar-refractivity contribution is 5.68. The van der Waals surface area contributed by atoms with E-state index in [0.717, 1.165) is 36.7 Å². The van der Waals surface area contributed by atoms with Crippen LogP contribution >= 0.6 is 0 Å². The minimum Gasteiger partial charge on any atom is -0.398 e. The maximum Gasteiger partial charge on any atom is 0.137 e. The van der Waals surface area contributed by atoms with E-state index in [4.69, 9.17) is 10.7 Å². The fourth-order valence-electron chi connectivity index (χ4n) is 4.13. The van der Waals surface area contributed by atoms with Crippen LogP contribution in [-0.2, 0) is 12.0 Å². The van der Waals surface area contributed by atoms with Crippen molar-refractivity contribution in [2.24, 2.45) is 0 Å². The van der Waals surface area contributed by atoms with E-state index in [9.17, 15) is 0 Å². The van der Waals surface area contributed by atoms with Gasteiger partial charge in [-0.3, -0.25) is 4.90 Å². The lowest BCUT2D eigenvalue weighted by molar-refractivity contribution is 0.273. The van der Waals surface area contributed by atoms with Gasteiger partial charge in [0, 0.05) is 24.0 Å². The summed E-state index contributed by atoms with van der Waals surface area (Å²) in [4.78, 5) is 7.56. The van der Waals surface area contributed by atoms with E-state index >= 15 is 0 Å². The van der Waals surface area contributed by atoms with Crippen molar-refractivity contribution in [2.75, 3.05) is 18.8 Å². The van der Waals surface area contributed by atoms with Crippen molar-refractivity contribution < 1.29 is 0 Å². The van der Waals surface area contributed by atoms with Gasteiger partial charge in [-0.1, -0.05) is 57.9 Å². The number of hydrogen-bond acceptors (Lipinski definition) is 3. The Kier molecular flexibility index (Phi) is 5.15. The summed E-state index contributed by atoms with van der Waals surface area (Å²) in [7, 11) is 0. The average molecular weight is 377 g/mol. The molecule has 0 amide bonds. The molecule has 28 heavy (non-hydrogen) atoms. The number of rotatable bonds is 3. The zero-order valence-corrected chi connectivity index (χ0v) is 17.4. The third-order valence-corrected chi connectivity index (χ3v) is 5.84. The average Bonchev–Trinajstić information content (AvgIpc) is 2.83. The van der Waals surface area contributed by atoms with Crippen LogP contribution in [0.25, 0.3) is 16.9 Å². The number of nitrogens with two attached hydrogens (primary N) is 1. The first-order chi connectivity index (χ1) is 13.4. The topological polar surface area (TPSA) is 46.6 Å². The van der Waals surface area contributed by atoms with E-state index in [2.05, 4.69) is 54.3 Å². The summed E-state index contributed by atoms with van der Waals surface area (Å²) in [6, 6.07) is 12.9. The SMILES string of the molecule is CC(C)(C)c1ccc(-c2nc3ccc(N)cn3c2CN2CCCCCC2)cc1. The Morgan fingerprint density at radius 1 is 0.929 bits per heavy atom. The van der Waals surface area contributed by atoms with Crippen molar-refractivity contribution in [1.82, 2.24) is 14.3 Å². The van der Waals surface area contributed by atoms with Crippen LogP contribution in [0.4, 0.5) is 5.69 Å². The largest absolute Gasteiger partial charge is 0.398 e. The summed E-state index contributed by atoms with van der Waals surface area (Å²) in [5.74, 6) is 0. The van der Waals surface area contributed by atoms with Gasteiger partial charge < -0.3 is 10.1 Å². The molecule has 0 unspecified atom stereocenters. The second-order valence-electron chi connectivity index (χ2n) is 9.12. The van der Waals surface area contributed by atoms with Crippen LogP contribution in [0.15, 0.2) is 42.6 Å². The van der Waals surface area contributed by atoms with Crippen LogP contribution < -0.4 is 5.73 Å². The maximum atomic E-state index is 6.10. The van der Waals surface area contributed by atoms with Crippen molar-refractivity contribution in [3.8, 4) is 11.3 Å². The van der Waals surface area contributed by atoms with E-state index < -0.39 is 0 Å². The Bertz CT molecular complexity index is 939. The molecule has 1 aliphatic rings. The molecule has 4 heteroatoms. The molecule has 1 aliphatic heterocycles. The van der Waals surface area contributed by atoms with Gasteiger partial charge in [-0.15, -0.1) is 0 Å². The monoisotopic (exact) mass is 376 g/mol. The van der Waals surface area contributed by atoms with E-state index in [1.54, 1.807) is 0 Å². The van der Waals surface area contributed by atoms with Gasteiger partial charge in [-0.2, -0.15) is 0 Å². The molecule has 3 heterocycles. The Morgan fingerprint density at radius 2 is 1.61 bits per heavy atom. The molecule has 1 fully saturated rings. The second kappa shape index (κ2) is 7.59. The van der Waals surface area contributed by atoms with E-state index in [1.807, 2.05) is 18.3 Å². The molecule has 3 aromatic rings. The summed E-state index contributed by atoms with van der Waals surface area (Å²) < 4.78 is 2.19. The number of nitrogen functional groups attached to an aromatic ring is 1. The van der Waals surface area contributed by atoms with Gasteiger partial charge in [0.1, 0.15) is 5.65 Å². The van der Waals surface area contributed by atoms with Crippen LogP contribution in [0.2, 0.25) is 0 Å². The summed E-state index contributed by atoms with van der Waals surface area (Å²) in [5.41, 5.74) is 12.8. The third-order valence-electron chi connectivity index (χ3n) is 5.84. The van der Waals surface area contributed by atoms with Crippen molar-refractivity contribution in [3.05, 3.63) is 53.9 Å². The minimum absolute atomic E-state index is 0.154. The molecular formula is C24H32N4. The molecule has 0 spiro atoms. The lowest BCUT2D eigenvalue weighted by Crippen LogP contribution is -2.25. The number of anilines is 1. The Balaban J connectivity index is 1.76. The van der Waals surface area contributed by atoms with Crippen LogP contribution in [0, 0.1) is 0 Å². The van der Waals surface area contributed by atoms with Crippen LogP contribution in [-0.4, -0.2) is 27.4 Å². The molecule has 0 atom stereocenters. The molecule has 1 aromatic carbocycles. The molecule has 1 saturated heterocycles. The zero-order chi connectivity index (χ0) is 19.7. The van der Waals surface area contributed by atoms with Crippen LogP contribution in [0.1, 0.15) is 57.7 Å². The minimum atomic E-state index is 0.154. The van der Waals surface area contributed by atoms with Crippen molar-refractivity contribution in [3.63, 3.8) is 0 Å². The summed E-state index contributed by atoms with van der Waals surface area (Å²) in [6.07, 6.45) is 7.28. The smallest absolute Gasteiger partial charge is 0.137 e. The van der Waals surface area contributed by atoms with Crippen LogP contribution in [0.5, 0.6) is 0 Å². The highest BCUT2D eigenvalue weighted by Gasteiger charge is 2.19. The third kappa shape index (κ3) is 3.93. The maximum absolute atomic E-state index is 6.10. The molecule has 4 nitrogen and oxygen atoms in total. The van der Waals surface area contributed by atoms with Gasteiger partial charge in [0.05, 0.1) is 11.4 Å². The fourth-order valence-corrected chi connectivity index (χ4v) is 4.13. The molecular weight excluding hydrogens is 344 g/mol. The van der Waals surface area contributed by atoms with Crippen LogP contribution in [0.3, 0.4) is 0 Å². The predicted octanol–water partition coefficient (Wildman–Crippen LogP) is 5.26. The molecule has 148 valence electrons. The number of aromatic nitrogens is 2. The van der Waals surface area contributed by atoms with Gasteiger partial charge in [0.15, 0.2) is 0 Å². The Labute approximate surface area is 168 Å². The van der Waals surface area contributed by atoms with Gasteiger partial charge in [-0.25, -0.2) is 4.98 Å². The molecule has 0 bridgehead atoms. The number of hydrogen-bond donors (Lipinski definition) is 1. The van der Waals surface area contributed by atoms with Gasteiger partial charge in [0.2, 0.25) is 0 Å². The predicted molar refractivity (Wildman–Crippen MR) is 117 cm³/mol. The second-order valence-corrected chi connectivity index (χ2v) is 9.12. The van der Waals surface area contributed by atoms with Crippen molar-refractivity contribution in [1.29, 1.82) is 0 Å². The first kappa shape index (κ1) is 19.0. The van der Waals surface area contributed by atoms with E-state index in [0.29, 0.717) is 0 Å². The first-order valence-electron chi connectivity index (χ1n) is 10.5. The van der Waals surface area contributed by atoms with Gasteiger partial charge >= 0.3 is 0 Å². The lowest BCUT2D eigenvalue weighted by Gasteiger charge is -2.21. The van der Waals surface area contributed by atoms with Gasteiger partial charge in [0.25, 0.3) is 0 Å². The summed E-state index contributed by atoms with van der Waals surface area (Å²) in [5, 5.41) is 0.